The van der Waals surface area contributed by atoms with Crippen LogP contribution in [0.5, 0.6) is 0 Å². The summed E-state index contributed by atoms with van der Waals surface area (Å²) in [6.07, 6.45) is 0. The maximum Gasteiger partial charge on any atom is 0.494 e. The van der Waals surface area contributed by atoms with Crippen molar-refractivity contribution in [2.75, 3.05) is 0 Å². The maximum atomic E-state index is 14.9. The summed E-state index contributed by atoms with van der Waals surface area (Å²) in [7, 11) is -0.773. The number of benzene rings is 1. The summed E-state index contributed by atoms with van der Waals surface area (Å²) in [6, 6.07) is 2.12. The van der Waals surface area contributed by atoms with E-state index in [4.69, 9.17) is 14.0 Å². The first-order valence-corrected chi connectivity index (χ1v) is 9.85. The quantitative estimate of drug-likeness (QED) is 0.572. The van der Waals surface area contributed by atoms with Gasteiger partial charge in [0.25, 0.3) is 5.91 Å². The van der Waals surface area contributed by atoms with E-state index in [0.29, 0.717) is 5.46 Å². The van der Waals surface area contributed by atoms with Crippen LogP contribution in [0.4, 0.5) is 4.39 Å². The molecule has 2 aliphatic rings. The largest absolute Gasteiger partial charge is 0.494 e. The lowest BCUT2D eigenvalue weighted by Gasteiger charge is -2.32. The van der Waals surface area contributed by atoms with Crippen molar-refractivity contribution in [2.45, 2.75) is 84.8 Å². The van der Waals surface area contributed by atoms with Gasteiger partial charge in [-0.1, -0.05) is 0 Å². The minimum absolute atomic E-state index is 0.0179. The van der Waals surface area contributed by atoms with Gasteiger partial charge in [-0.2, -0.15) is 0 Å². The third kappa shape index (κ3) is 3.92. The van der Waals surface area contributed by atoms with Crippen molar-refractivity contribution >= 4 is 24.5 Å². The van der Waals surface area contributed by atoms with E-state index in [-0.39, 0.29) is 17.7 Å². The van der Waals surface area contributed by atoms with Gasteiger partial charge >= 0.3 is 13.1 Å². The predicted octanol–water partition coefficient (Wildman–Crippen LogP) is 2.81. The monoisotopic (exact) mass is 405 g/mol. The third-order valence-corrected chi connectivity index (χ3v) is 5.78. The number of rotatable bonds is 3. The van der Waals surface area contributed by atoms with Crippen molar-refractivity contribution < 1.29 is 28.0 Å². The van der Waals surface area contributed by atoms with Gasteiger partial charge in [0.2, 0.25) is 0 Å². The molecule has 6 nitrogen and oxygen atoms in total. The Hall–Kier alpha value is -1.93. The molecule has 1 amide bonds. The fraction of sp³-hybridized carbons (Fsp3) is 0.619. The van der Waals surface area contributed by atoms with E-state index in [9.17, 15) is 14.0 Å². The molecule has 8 heteroatoms. The molecule has 1 atom stereocenters. The van der Waals surface area contributed by atoms with Crippen LogP contribution in [0.25, 0.3) is 0 Å². The molecule has 1 aromatic rings. The summed E-state index contributed by atoms with van der Waals surface area (Å²) >= 11 is 0. The van der Waals surface area contributed by atoms with E-state index in [1.54, 1.807) is 33.8 Å². The van der Waals surface area contributed by atoms with Gasteiger partial charge in [0, 0.05) is 11.1 Å². The molecular formula is C21H29BFNO5. The van der Waals surface area contributed by atoms with Crippen LogP contribution < -0.4 is 5.46 Å². The normalized spacial score (nSPS) is 21.3. The number of carbonyl (C=O) groups excluding carboxylic acids is 2. The Labute approximate surface area is 171 Å². The second-order valence-corrected chi connectivity index (χ2v) is 9.76. The molecule has 0 bridgehead atoms. The molecule has 0 saturated carbocycles. The van der Waals surface area contributed by atoms with Crippen LogP contribution in [0.1, 0.15) is 71.3 Å². The first-order chi connectivity index (χ1) is 13.1. The van der Waals surface area contributed by atoms with Crippen molar-refractivity contribution in [3.05, 3.63) is 29.1 Å². The van der Waals surface area contributed by atoms with E-state index in [1.807, 2.05) is 27.7 Å². The second kappa shape index (κ2) is 6.81. The van der Waals surface area contributed by atoms with Crippen LogP contribution in [0.15, 0.2) is 12.1 Å². The van der Waals surface area contributed by atoms with Crippen molar-refractivity contribution in [1.29, 1.82) is 0 Å². The van der Waals surface area contributed by atoms with Crippen LogP contribution in [0.3, 0.4) is 0 Å². The van der Waals surface area contributed by atoms with Gasteiger partial charge in [-0.25, -0.2) is 9.18 Å². The first-order valence-electron chi connectivity index (χ1n) is 9.85. The zero-order chi connectivity index (χ0) is 21.9. The van der Waals surface area contributed by atoms with E-state index < -0.39 is 47.7 Å². The Morgan fingerprint density at radius 2 is 1.76 bits per heavy atom. The highest BCUT2D eigenvalue weighted by atomic mass is 19.1. The number of esters is 1. The van der Waals surface area contributed by atoms with Crippen molar-refractivity contribution in [1.82, 2.24) is 4.90 Å². The van der Waals surface area contributed by atoms with Gasteiger partial charge in [-0.3, -0.25) is 4.79 Å². The molecular weight excluding hydrogens is 376 g/mol. The number of amides is 1. The molecule has 1 aromatic carbocycles. The number of halogens is 1. The van der Waals surface area contributed by atoms with Crippen molar-refractivity contribution in [3.8, 4) is 0 Å². The lowest BCUT2D eigenvalue weighted by atomic mass is 9.77. The maximum absolute atomic E-state index is 14.9. The summed E-state index contributed by atoms with van der Waals surface area (Å²) in [4.78, 5) is 26.7. The van der Waals surface area contributed by atoms with Gasteiger partial charge in [0.15, 0.2) is 0 Å². The molecule has 1 fully saturated rings. The fourth-order valence-electron chi connectivity index (χ4n) is 3.35. The van der Waals surface area contributed by atoms with Crippen LogP contribution >= 0.6 is 0 Å². The summed E-state index contributed by atoms with van der Waals surface area (Å²) in [5, 5.41) is 0. The van der Waals surface area contributed by atoms with E-state index in [0.717, 1.165) is 0 Å². The third-order valence-electron chi connectivity index (χ3n) is 5.78. The van der Waals surface area contributed by atoms with E-state index in [1.165, 1.54) is 11.0 Å². The molecule has 2 aliphatic heterocycles. The molecule has 3 rings (SSSR count). The molecule has 1 saturated heterocycles. The molecule has 0 radical (unpaired) electrons. The Morgan fingerprint density at radius 1 is 1.21 bits per heavy atom. The lowest BCUT2D eigenvalue weighted by molar-refractivity contribution is -0.159. The summed E-state index contributed by atoms with van der Waals surface area (Å²) < 4.78 is 32.2. The number of hydrogen-bond acceptors (Lipinski definition) is 5. The van der Waals surface area contributed by atoms with Crippen molar-refractivity contribution in [3.63, 3.8) is 0 Å². The number of ether oxygens (including phenoxy) is 1. The number of carbonyl (C=O) groups is 2. The van der Waals surface area contributed by atoms with E-state index in [2.05, 4.69) is 0 Å². The van der Waals surface area contributed by atoms with Gasteiger partial charge in [0.05, 0.1) is 17.7 Å². The molecule has 0 spiro atoms. The SMILES string of the molecule is CC(C(=O)OC(C)(C)C)N1Cc2c(F)cc(B3OC(C)(C)C(C)(C)O3)cc2C1=O. The Morgan fingerprint density at radius 3 is 2.28 bits per heavy atom. The van der Waals surface area contributed by atoms with E-state index >= 15 is 0 Å². The highest BCUT2D eigenvalue weighted by Gasteiger charge is 2.52. The number of fused-ring (bicyclic) bond motifs is 1. The molecule has 1 unspecified atom stereocenters. The van der Waals surface area contributed by atoms with Crippen LogP contribution in [-0.4, -0.2) is 46.7 Å². The van der Waals surface area contributed by atoms with Crippen LogP contribution in [0.2, 0.25) is 0 Å². The minimum atomic E-state index is -0.825. The fourth-order valence-corrected chi connectivity index (χ4v) is 3.35. The first kappa shape index (κ1) is 21.8. The Kier molecular flexibility index (Phi) is 5.11. The second-order valence-electron chi connectivity index (χ2n) is 9.76. The van der Waals surface area contributed by atoms with Gasteiger partial charge in [-0.05, 0) is 73.0 Å². The predicted molar refractivity (Wildman–Crippen MR) is 107 cm³/mol. The molecule has 158 valence electrons. The zero-order valence-corrected chi connectivity index (χ0v) is 18.4. The summed E-state index contributed by atoms with van der Waals surface area (Å²) in [5.74, 6) is -1.44. The minimum Gasteiger partial charge on any atom is -0.458 e. The Balaban J connectivity index is 1.86. The molecule has 0 aromatic heterocycles. The molecule has 0 aliphatic carbocycles. The number of nitrogens with zero attached hydrogens (tertiary/aromatic N) is 1. The molecule has 0 N–H and O–H groups in total. The summed E-state index contributed by atoms with van der Waals surface area (Å²) in [6.45, 7) is 14.5. The van der Waals surface area contributed by atoms with Crippen LogP contribution in [-0.2, 0) is 25.4 Å². The number of hydrogen-bond donors (Lipinski definition) is 0. The van der Waals surface area contributed by atoms with Crippen molar-refractivity contribution in [2.24, 2.45) is 0 Å². The molecule has 2 heterocycles. The zero-order valence-electron chi connectivity index (χ0n) is 18.4. The highest BCUT2D eigenvalue weighted by molar-refractivity contribution is 6.62. The topological polar surface area (TPSA) is 65.1 Å². The lowest BCUT2D eigenvalue weighted by Crippen LogP contribution is -2.42. The average Bonchev–Trinajstić information content (AvgIpc) is 2.99. The Bertz CT molecular complexity index is 845. The smallest absolute Gasteiger partial charge is 0.458 e. The highest BCUT2D eigenvalue weighted by Crippen LogP contribution is 2.37. The standard InChI is InChI=1S/C21H29BFNO5/c1-12(18(26)27-19(2,3)4)24-11-15-14(17(24)25)9-13(10-16(15)23)22-28-20(5,6)21(7,8)29-22/h9-10,12H,11H2,1-8H3. The molecule has 29 heavy (non-hydrogen) atoms. The average molecular weight is 405 g/mol. The van der Waals surface area contributed by atoms with Crippen LogP contribution in [0, 0.1) is 5.82 Å². The van der Waals surface area contributed by atoms with Gasteiger partial charge in [-0.15, -0.1) is 0 Å². The van der Waals surface area contributed by atoms with Gasteiger partial charge < -0.3 is 18.9 Å². The van der Waals surface area contributed by atoms with Gasteiger partial charge in [0.1, 0.15) is 17.5 Å². The summed E-state index contributed by atoms with van der Waals surface area (Å²) in [5.41, 5.74) is -0.880.